The average Bonchev–Trinajstić information content (AvgIpc) is 2.68. The maximum Gasteiger partial charge on any atom is 0.240 e. The van der Waals surface area contributed by atoms with Gasteiger partial charge in [0.05, 0.1) is 22.5 Å². The number of nitrogens with one attached hydrogen (secondary N) is 2. The normalized spacial score (nSPS) is 24.5. The molecule has 1 fully saturated rings. The molecule has 0 atom stereocenters. The third-order valence-corrected chi connectivity index (χ3v) is 7.51. The van der Waals surface area contributed by atoms with Crippen LogP contribution < -0.4 is 10.0 Å². The predicted molar refractivity (Wildman–Crippen MR) is 129 cm³/mol. The summed E-state index contributed by atoms with van der Waals surface area (Å²) < 4.78 is 41.9. The van der Waals surface area contributed by atoms with Crippen molar-refractivity contribution in [1.82, 2.24) is 10.0 Å². The molecule has 0 radical (unpaired) electrons. The molecule has 0 heterocycles. The fraction of sp³-hybridized carbons (Fsp3) is 0.478. The first kappa shape index (κ1) is 26.2. The van der Waals surface area contributed by atoms with Crippen LogP contribution in [0.1, 0.15) is 44.7 Å². The van der Waals surface area contributed by atoms with Crippen molar-refractivity contribution in [3.8, 4) is 0 Å². The molecule has 0 bridgehead atoms. The zero-order chi connectivity index (χ0) is 24.3. The number of carbonyl (C=O) groups excluding carboxylic acids is 1. The number of ketones is 1. The molecule has 9 heteroatoms. The smallest absolute Gasteiger partial charge is 0.240 e. The number of halogens is 2. The van der Waals surface area contributed by atoms with Gasteiger partial charge in [-0.1, -0.05) is 24.6 Å². The van der Waals surface area contributed by atoms with Crippen LogP contribution in [-0.4, -0.2) is 39.7 Å². The number of hydrogen-bond acceptors (Lipinski definition) is 5. The number of benzene rings is 1. The minimum atomic E-state index is -3.88. The fourth-order valence-corrected chi connectivity index (χ4v) is 5.56. The number of alkyl halides is 1. The zero-order valence-corrected chi connectivity index (χ0v) is 20.9. The molecule has 176 valence electrons. The first-order chi connectivity index (χ1) is 14.7. The van der Waals surface area contributed by atoms with Crippen LogP contribution in [0.15, 0.2) is 39.9 Å². The molecule has 1 aromatic rings. The van der Waals surface area contributed by atoms with Crippen molar-refractivity contribution >= 4 is 39.3 Å². The van der Waals surface area contributed by atoms with Crippen LogP contribution in [0.3, 0.4) is 0 Å². The Hall–Kier alpha value is -2.03. The molecular weight excluding hydrogens is 453 g/mol. The monoisotopic (exact) mass is 483 g/mol. The Morgan fingerprint density at radius 2 is 1.91 bits per heavy atom. The van der Waals surface area contributed by atoms with Crippen molar-refractivity contribution < 1.29 is 17.6 Å². The Morgan fingerprint density at radius 3 is 2.41 bits per heavy atom. The molecule has 1 aliphatic carbocycles. The molecule has 0 aromatic heterocycles. The fourth-order valence-electron chi connectivity index (χ4n) is 4.01. The van der Waals surface area contributed by atoms with Crippen LogP contribution in [0.25, 0.3) is 0 Å². The summed E-state index contributed by atoms with van der Waals surface area (Å²) in [4.78, 5) is 16.7. The van der Waals surface area contributed by atoms with Crippen molar-refractivity contribution in [2.24, 2.45) is 10.4 Å². The van der Waals surface area contributed by atoms with Crippen LogP contribution >= 0.6 is 11.6 Å². The van der Waals surface area contributed by atoms with Crippen LogP contribution in [-0.2, 0) is 14.8 Å². The Balaban J connectivity index is 2.16. The summed E-state index contributed by atoms with van der Waals surface area (Å²) in [5.41, 5.74) is 0.790. The van der Waals surface area contributed by atoms with Gasteiger partial charge in [-0.2, -0.15) is 0 Å². The van der Waals surface area contributed by atoms with Gasteiger partial charge in [0.1, 0.15) is 5.67 Å². The van der Waals surface area contributed by atoms with E-state index in [2.05, 4.69) is 15.0 Å². The number of hydrogen-bond donors (Lipinski definition) is 2. The predicted octanol–water partition coefficient (Wildman–Crippen LogP) is 4.68. The molecule has 0 spiro atoms. The largest absolute Gasteiger partial charge is 0.385 e. The molecule has 1 aromatic carbocycles. The SMILES string of the molecule is C/C=C(\C=C(/NC)C(=O)/C=N/c1cc(C)c(C)c(Cl)c1)S(=O)(=O)NCC1(C)CC(C)(F)C1. The number of carbonyl (C=O) groups is 1. The maximum atomic E-state index is 13.8. The van der Waals surface area contributed by atoms with Gasteiger partial charge in [-0.05, 0) is 75.3 Å². The number of aryl methyl sites for hydroxylation is 1. The van der Waals surface area contributed by atoms with Gasteiger partial charge in [-0.3, -0.25) is 9.79 Å². The Bertz CT molecular complexity index is 1060. The van der Waals surface area contributed by atoms with E-state index in [0.717, 1.165) is 17.3 Å². The summed E-state index contributed by atoms with van der Waals surface area (Å²) in [5.74, 6) is -0.490. The molecule has 0 saturated heterocycles. The lowest BCUT2D eigenvalue weighted by Crippen LogP contribution is -2.51. The molecule has 0 unspecified atom stereocenters. The number of nitrogens with zero attached hydrogens (tertiary/aromatic N) is 1. The van der Waals surface area contributed by atoms with E-state index in [1.54, 1.807) is 13.0 Å². The van der Waals surface area contributed by atoms with Gasteiger partial charge in [0.2, 0.25) is 15.8 Å². The van der Waals surface area contributed by atoms with E-state index >= 15 is 0 Å². The Morgan fingerprint density at radius 1 is 1.28 bits per heavy atom. The van der Waals surface area contributed by atoms with Crippen molar-refractivity contribution in [3.05, 3.63) is 51.0 Å². The Labute approximate surface area is 195 Å². The van der Waals surface area contributed by atoms with Crippen molar-refractivity contribution in [1.29, 1.82) is 0 Å². The average molecular weight is 484 g/mol. The molecule has 2 N–H and O–H groups in total. The Kier molecular flexibility index (Phi) is 8.07. The van der Waals surface area contributed by atoms with E-state index in [0.29, 0.717) is 23.6 Å². The molecular formula is C23H31ClFN3O3S. The quantitative estimate of drug-likeness (QED) is 0.303. The zero-order valence-electron chi connectivity index (χ0n) is 19.3. The summed E-state index contributed by atoms with van der Waals surface area (Å²) in [6.07, 6.45) is 4.36. The van der Waals surface area contributed by atoms with Crippen LogP contribution in [0.5, 0.6) is 0 Å². The highest BCUT2D eigenvalue weighted by Gasteiger charge is 2.49. The molecule has 2 rings (SSSR count). The number of rotatable bonds is 9. The van der Waals surface area contributed by atoms with Crippen molar-refractivity contribution in [2.45, 2.75) is 53.1 Å². The van der Waals surface area contributed by atoms with Crippen LogP contribution in [0.4, 0.5) is 10.1 Å². The van der Waals surface area contributed by atoms with E-state index in [-0.39, 0.29) is 17.1 Å². The van der Waals surface area contributed by atoms with E-state index < -0.39 is 26.9 Å². The second-order valence-corrected chi connectivity index (χ2v) is 11.1. The van der Waals surface area contributed by atoms with Crippen molar-refractivity contribution in [3.63, 3.8) is 0 Å². The summed E-state index contributed by atoms with van der Waals surface area (Å²) in [7, 11) is -2.36. The molecule has 1 saturated carbocycles. The maximum absolute atomic E-state index is 13.8. The van der Waals surface area contributed by atoms with E-state index in [4.69, 9.17) is 11.6 Å². The summed E-state index contributed by atoms with van der Waals surface area (Å²) >= 11 is 6.17. The standard InChI is InChI=1S/C23H31ClFN3O3S/c1-7-18(32(30,31)28-14-22(4)12-23(5,25)13-22)10-20(26-6)21(29)11-27-17-8-15(2)16(3)19(24)9-17/h7-11,26,28H,12-14H2,1-6H3/b18-7+,20-10-,27-11+. The lowest BCUT2D eigenvalue weighted by Gasteiger charge is -2.48. The van der Waals surface area contributed by atoms with Gasteiger partial charge in [-0.25, -0.2) is 17.5 Å². The minimum absolute atomic E-state index is 0.0633. The van der Waals surface area contributed by atoms with Crippen LogP contribution in [0, 0.1) is 19.3 Å². The van der Waals surface area contributed by atoms with Crippen LogP contribution in [0.2, 0.25) is 5.02 Å². The second kappa shape index (κ2) is 9.85. The topological polar surface area (TPSA) is 87.6 Å². The highest BCUT2D eigenvalue weighted by atomic mass is 35.5. The minimum Gasteiger partial charge on any atom is -0.385 e. The summed E-state index contributed by atoms with van der Waals surface area (Å²) in [6, 6.07) is 3.47. The van der Waals surface area contributed by atoms with Gasteiger partial charge in [0.25, 0.3) is 0 Å². The number of likely N-dealkylation sites (N-methyl/N-ethyl adjacent to an activating group) is 1. The van der Waals surface area contributed by atoms with Gasteiger partial charge in [0.15, 0.2) is 0 Å². The van der Waals surface area contributed by atoms with Crippen molar-refractivity contribution in [2.75, 3.05) is 13.6 Å². The second-order valence-electron chi connectivity index (χ2n) is 8.89. The van der Waals surface area contributed by atoms with Gasteiger partial charge >= 0.3 is 0 Å². The van der Waals surface area contributed by atoms with E-state index in [1.807, 2.05) is 26.8 Å². The summed E-state index contributed by atoms with van der Waals surface area (Å²) in [6.45, 7) is 8.85. The first-order valence-corrected chi connectivity index (χ1v) is 12.2. The number of aliphatic imine (C=N–C) groups is 1. The molecule has 32 heavy (non-hydrogen) atoms. The number of Topliss-reactive ketones (excluding diaryl/α,β-unsaturated/α-hetero) is 1. The van der Waals surface area contributed by atoms with Gasteiger partial charge < -0.3 is 5.32 Å². The highest BCUT2D eigenvalue weighted by molar-refractivity contribution is 7.93. The molecule has 1 aliphatic rings. The molecule has 0 amide bonds. The number of sulfonamides is 1. The van der Waals surface area contributed by atoms with Gasteiger partial charge in [-0.15, -0.1) is 0 Å². The van der Waals surface area contributed by atoms with E-state index in [9.17, 15) is 17.6 Å². The van der Waals surface area contributed by atoms with E-state index in [1.165, 1.54) is 26.1 Å². The summed E-state index contributed by atoms with van der Waals surface area (Å²) in [5, 5.41) is 3.28. The molecule has 6 nitrogen and oxygen atoms in total. The third kappa shape index (κ3) is 6.49. The highest BCUT2D eigenvalue weighted by Crippen LogP contribution is 2.50. The van der Waals surface area contributed by atoms with Gasteiger partial charge in [0, 0.05) is 18.6 Å². The third-order valence-electron chi connectivity index (χ3n) is 5.62. The number of allylic oxidation sites excluding steroid dienone is 3. The first-order valence-electron chi connectivity index (χ1n) is 10.3. The lowest BCUT2D eigenvalue weighted by molar-refractivity contribution is -0.109. The lowest BCUT2D eigenvalue weighted by atomic mass is 9.62. The molecule has 0 aliphatic heterocycles.